The average molecular weight is 577 g/mol. The van der Waals surface area contributed by atoms with E-state index in [1.165, 1.54) is 16.3 Å². The lowest BCUT2D eigenvalue weighted by Crippen LogP contribution is -1.92. The number of nitrogens with zero attached hydrogens (tertiary/aromatic N) is 2. The predicted molar refractivity (Wildman–Crippen MR) is 168 cm³/mol. The summed E-state index contributed by atoms with van der Waals surface area (Å²) in [6, 6.07) is 44.1. The number of aromatic nitrogens is 2. The monoisotopic (exact) mass is 576 g/mol. The molecule has 0 aliphatic carbocycles. The van der Waals surface area contributed by atoms with Gasteiger partial charge in [-0.15, -0.1) is 0 Å². The summed E-state index contributed by atoms with van der Waals surface area (Å²) in [5, 5.41) is 5.61. The van der Waals surface area contributed by atoms with Crippen molar-refractivity contribution >= 4 is 59.5 Å². The van der Waals surface area contributed by atoms with Crippen LogP contribution in [0.3, 0.4) is 0 Å². The number of benzene rings is 6. The lowest BCUT2D eigenvalue weighted by molar-refractivity contribution is 0.620. The summed E-state index contributed by atoms with van der Waals surface area (Å²) in [5.41, 5.74) is 7.77. The van der Waals surface area contributed by atoms with Crippen LogP contribution in [0.4, 0.5) is 0 Å². The Morgan fingerprint density at radius 2 is 1.23 bits per heavy atom. The van der Waals surface area contributed by atoms with Gasteiger partial charge in [-0.1, -0.05) is 94.8 Å². The zero-order chi connectivity index (χ0) is 26.6. The normalized spacial score (nSPS) is 11.6. The zero-order valence-electron chi connectivity index (χ0n) is 21.3. The molecule has 8 rings (SSSR count). The van der Waals surface area contributed by atoms with Crippen LogP contribution in [-0.2, 0) is 0 Å². The zero-order valence-corrected chi connectivity index (χ0v) is 22.9. The molecule has 0 aliphatic heterocycles. The molecule has 2 heterocycles. The molecule has 0 fully saturated rings. The molecular formula is C36H21BrN2O. The van der Waals surface area contributed by atoms with Crippen molar-refractivity contribution in [2.24, 2.45) is 0 Å². The minimum absolute atomic E-state index is 0.617. The van der Waals surface area contributed by atoms with E-state index in [2.05, 4.69) is 107 Å². The van der Waals surface area contributed by atoms with Gasteiger partial charge in [-0.2, -0.15) is 0 Å². The molecule has 0 saturated heterocycles. The largest absolute Gasteiger partial charge is 0.436 e. The van der Waals surface area contributed by atoms with Crippen LogP contribution in [0, 0.1) is 0 Å². The molecule has 0 radical (unpaired) electrons. The highest BCUT2D eigenvalue weighted by Gasteiger charge is 2.18. The van der Waals surface area contributed by atoms with E-state index in [4.69, 9.17) is 14.4 Å². The van der Waals surface area contributed by atoms with Crippen LogP contribution in [0.25, 0.3) is 77.4 Å². The number of fused-ring (bicyclic) bond motifs is 6. The fraction of sp³-hybridized carbons (Fsp3) is 0. The Morgan fingerprint density at radius 3 is 2.08 bits per heavy atom. The van der Waals surface area contributed by atoms with Crippen molar-refractivity contribution < 1.29 is 4.42 Å². The van der Waals surface area contributed by atoms with Gasteiger partial charge in [0.05, 0.1) is 11.2 Å². The van der Waals surface area contributed by atoms with Gasteiger partial charge in [0.2, 0.25) is 5.89 Å². The van der Waals surface area contributed by atoms with Crippen LogP contribution in [0.15, 0.2) is 136 Å². The van der Waals surface area contributed by atoms with E-state index >= 15 is 0 Å². The summed E-state index contributed by atoms with van der Waals surface area (Å²) in [6.07, 6.45) is 0. The van der Waals surface area contributed by atoms with Crippen LogP contribution in [0.2, 0.25) is 0 Å². The van der Waals surface area contributed by atoms with Crippen molar-refractivity contribution in [3.8, 4) is 33.8 Å². The first-order chi connectivity index (χ1) is 19.7. The van der Waals surface area contributed by atoms with Gasteiger partial charge in [0.15, 0.2) is 5.58 Å². The van der Waals surface area contributed by atoms with E-state index in [0.29, 0.717) is 5.89 Å². The summed E-state index contributed by atoms with van der Waals surface area (Å²) in [4.78, 5) is 10.3. The van der Waals surface area contributed by atoms with Crippen LogP contribution in [0.5, 0.6) is 0 Å². The Morgan fingerprint density at radius 1 is 0.525 bits per heavy atom. The number of hydrogen-bond acceptors (Lipinski definition) is 3. The Bertz CT molecular complexity index is 2220. The van der Waals surface area contributed by atoms with E-state index in [1.807, 2.05) is 36.4 Å². The number of halogens is 1. The molecule has 0 bridgehead atoms. The predicted octanol–water partition coefficient (Wildman–Crippen LogP) is 10.4. The summed E-state index contributed by atoms with van der Waals surface area (Å²) < 4.78 is 7.30. The van der Waals surface area contributed by atoms with Crippen molar-refractivity contribution in [3.63, 3.8) is 0 Å². The van der Waals surface area contributed by atoms with Gasteiger partial charge in [0.1, 0.15) is 5.52 Å². The van der Waals surface area contributed by atoms with Crippen molar-refractivity contribution in [2.45, 2.75) is 0 Å². The maximum atomic E-state index is 6.27. The molecule has 0 unspecified atom stereocenters. The first kappa shape index (κ1) is 23.1. The number of hydrogen-bond donors (Lipinski definition) is 0. The van der Waals surface area contributed by atoms with E-state index in [1.54, 1.807) is 0 Å². The molecule has 6 aromatic carbocycles. The van der Waals surface area contributed by atoms with E-state index in [-0.39, 0.29) is 0 Å². The SMILES string of the molecule is Brc1ccc(-c2nc3cc(-c4ccc5ccccc5c4)ccc3c3c2ccc2oc(-c4ccccc4)nc23)cc1. The summed E-state index contributed by atoms with van der Waals surface area (Å²) >= 11 is 3.57. The van der Waals surface area contributed by atoms with Crippen molar-refractivity contribution in [2.75, 3.05) is 0 Å². The maximum absolute atomic E-state index is 6.27. The number of rotatable bonds is 3. The van der Waals surface area contributed by atoms with Crippen molar-refractivity contribution in [1.29, 1.82) is 0 Å². The average Bonchev–Trinajstić information content (AvgIpc) is 3.46. The molecule has 0 aliphatic rings. The molecule has 4 heteroatoms. The molecule has 0 N–H and O–H groups in total. The fourth-order valence-corrected chi connectivity index (χ4v) is 5.82. The van der Waals surface area contributed by atoms with Crippen LogP contribution >= 0.6 is 15.9 Å². The highest BCUT2D eigenvalue weighted by Crippen LogP contribution is 2.39. The Kier molecular flexibility index (Phi) is 5.29. The Hall–Kier alpha value is -4.80. The highest BCUT2D eigenvalue weighted by molar-refractivity contribution is 9.10. The first-order valence-electron chi connectivity index (χ1n) is 13.2. The molecule has 40 heavy (non-hydrogen) atoms. The summed E-state index contributed by atoms with van der Waals surface area (Å²) in [5.74, 6) is 0.617. The van der Waals surface area contributed by atoms with Gasteiger partial charge >= 0.3 is 0 Å². The topological polar surface area (TPSA) is 38.9 Å². The van der Waals surface area contributed by atoms with Gasteiger partial charge in [-0.25, -0.2) is 9.97 Å². The number of pyridine rings is 1. The molecule has 8 aromatic rings. The lowest BCUT2D eigenvalue weighted by Gasteiger charge is -2.12. The van der Waals surface area contributed by atoms with Gasteiger partial charge in [-0.05, 0) is 70.4 Å². The highest BCUT2D eigenvalue weighted by atomic mass is 79.9. The van der Waals surface area contributed by atoms with Crippen LogP contribution in [0.1, 0.15) is 0 Å². The van der Waals surface area contributed by atoms with E-state index in [0.717, 1.165) is 59.6 Å². The number of oxazole rings is 1. The molecule has 0 amide bonds. The standard InChI is InChI=1S/C36H21BrN2O/c37-28-15-12-23(13-16-28)34-30-18-19-32-35(39-36(40-32)24-7-2-1-3-8-24)33(30)29-17-14-27(21-31(29)38-34)26-11-10-22-6-4-5-9-25(22)20-26/h1-21H. The van der Waals surface area contributed by atoms with Crippen molar-refractivity contribution in [1.82, 2.24) is 9.97 Å². The minimum Gasteiger partial charge on any atom is -0.436 e. The summed E-state index contributed by atoms with van der Waals surface area (Å²) in [6.45, 7) is 0. The van der Waals surface area contributed by atoms with E-state index < -0.39 is 0 Å². The quantitative estimate of drug-likeness (QED) is 0.196. The smallest absolute Gasteiger partial charge is 0.227 e. The van der Waals surface area contributed by atoms with Crippen LogP contribution in [-0.4, -0.2) is 9.97 Å². The fourth-order valence-electron chi connectivity index (χ4n) is 5.56. The third-order valence-corrected chi connectivity index (χ3v) is 8.07. The minimum atomic E-state index is 0.617. The van der Waals surface area contributed by atoms with Gasteiger partial charge in [0.25, 0.3) is 0 Å². The molecule has 0 saturated carbocycles. The first-order valence-corrected chi connectivity index (χ1v) is 14.0. The lowest BCUT2D eigenvalue weighted by atomic mass is 9.96. The maximum Gasteiger partial charge on any atom is 0.227 e. The van der Waals surface area contributed by atoms with Gasteiger partial charge < -0.3 is 4.42 Å². The van der Waals surface area contributed by atoms with E-state index in [9.17, 15) is 0 Å². The van der Waals surface area contributed by atoms with Gasteiger partial charge in [-0.3, -0.25) is 0 Å². The molecule has 0 atom stereocenters. The molecule has 188 valence electrons. The molecule has 0 spiro atoms. The Labute approximate surface area is 238 Å². The van der Waals surface area contributed by atoms with Gasteiger partial charge in [0, 0.05) is 31.8 Å². The second-order valence-electron chi connectivity index (χ2n) is 9.98. The van der Waals surface area contributed by atoms with Crippen molar-refractivity contribution in [3.05, 3.63) is 132 Å². The third-order valence-electron chi connectivity index (χ3n) is 7.54. The molecular weight excluding hydrogens is 556 g/mol. The van der Waals surface area contributed by atoms with Crippen LogP contribution < -0.4 is 0 Å². The Balaban J connectivity index is 1.42. The third kappa shape index (κ3) is 3.80. The second kappa shape index (κ2) is 9.15. The second-order valence-corrected chi connectivity index (χ2v) is 10.9. The molecule has 2 aromatic heterocycles. The summed E-state index contributed by atoms with van der Waals surface area (Å²) in [7, 11) is 0. The molecule has 3 nitrogen and oxygen atoms in total.